The van der Waals surface area contributed by atoms with Crippen molar-refractivity contribution in [1.29, 1.82) is 0 Å². The van der Waals surface area contributed by atoms with Gasteiger partial charge in [-0.05, 0) is 53.3 Å². The summed E-state index contributed by atoms with van der Waals surface area (Å²) in [6, 6.07) is 12.2. The molecule has 0 bridgehead atoms. The zero-order valence-corrected chi connectivity index (χ0v) is 15.3. The third-order valence-electron chi connectivity index (χ3n) is 5.36. The fraction of sp³-hybridized carbons (Fsp3) is 0.300. The Labute approximate surface area is 161 Å². The van der Waals surface area contributed by atoms with Crippen molar-refractivity contribution < 1.29 is 14.7 Å². The van der Waals surface area contributed by atoms with Crippen LogP contribution in [0.3, 0.4) is 0 Å². The number of amides is 1. The van der Waals surface area contributed by atoms with Gasteiger partial charge in [-0.25, -0.2) is 0 Å². The van der Waals surface area contributed by atoms with Crippen molar-refractivity contribution in [3.05, 3.63) is 69.2 Å². The van der Waals surface area contributed by atoms with Gasteiger partial charge in [0.1, 0.15) is 0 Å². The Bertz CT molecular complexity index is 881. The lowest BCUT2D eigenvalue weighted by Gasteiger charge is -2.18. The van der Waals surface area contributed by atoms with E-state index in [-0.39, 0.29) is 24.2 Å². The van der Waals surface area contributed by atoms with Gasteiger partial charge < -0.3 is 10.4 Å². The topological polar surface area (TPSA) is 66.4 Å². The number of nitrogens with one attached hydrogen (secondary N) is 1. The van der Waals surface area contributed by atoms with E-state index in [1.807, 2.05) is 18.2 Å². The molecule has 2 aromatic carbocycles. The van der Waals surface area contributed by atoms with Crippen molar-refractivity contribution in [2.24, 2.45) is 11.8 Å². The normalized spacial score (nSPS) is 23.7. The molecule has 0 aliphatic heterocycles. The predicted molar refractivity (Wildman–Crippen MR) is 99.5 cm³/mol. The zero-order chi connectivity index (χ0) is 18.4. The number of carbonyl (C=O) groups is 2. The Hall–Kier alpha value is -2.04. The summed E-state index contributed by atoms with van der Waals surface area (Å²) in [6.07, 6.45) is 0.706. The highest BCUT2D eigenvalue weighted by atomic mass is 35.5. The molecule has 0 heterocycles. The molecule has 4 atom stereocenters. The lowest BCUT2D eigenvalue weighted by Crippen LogP contribution is -2.32. The monoisotopic (exact) mass is 389 g/mol. The van der Waals surface area contributed by atoms with Crippen LogP contribution in [0.15, 0.2) is 42.5 Å². The van der Waals surface area contributed by atoms with Crippen LogP contribution in [-0.4, -0.2) is 17.0 Å². The van der Waals surface area contributed by atoms with Crippen LogP contribution in [0.2, 0.25) is 10.0 Å². The first kappa shape index (κ1) is 17.4. The first-order valence-electron chi connectivity index (χ1n) is 8.50. The number of halogens is 2. The van der Waals surface area contributed by atoms with Gasteiger partial charge in [-0.15, -0.1) is 0 Å². The smallest absolute Gasteiger partial charge is 0.305 e. The average Bonchev–Trinajstić information content (AvgIpc) is 3.19. The zero-order valence-electron chi connectivity index (χ0n) is 13.8. The first-order valence-corrected chi connectivity index (χ1v) is 9.25. The standard InChI is InChI=1S/C20H17Cl2NO3/c21-12-4-1-10(2-5-12)16(9-17(24)25)23-20(26)19-15-7-11-3-6-13(22)8-14(11)18(15)19/h1-6,8,15-16,18-19H,7,9H2,(H,23,26)(H,24,25). The number of hydrogen-bond acceptors (Lipinski definition) is 2. The summed E-state index contributed by atoms with van der Waals surface area (Å²) in [5, 5.41) is 13.4. The van der Waals surface area contributed by atoms with E-state index < -0.39 is 12.0 Å². The summed E-state index contributed by atoms with van der Waals surface area (Å²) in [4.78, 5) is 24.0. The van der Waals surface area contributed by atoms with Crippen molar-refractivity contribution >= 4 is 35.1 Å². The summed E-state index contributed by atoms with van der Waals surface area (Å²) in [7, 11) is 0. The molecule has 134 valence electrons. The molecule has 26 heavy (non-hydrogen) atoms. The quantitative estimate of drug-likeness (QED) is 0.804. The van der Waals surface area contributed by atoms with Crippen LogP contribution < -0.4 is 5.32 Å². The van der Waals surface area contributed by atoms with E-state index in [0.717, 1.165) is 17.5 Å². The van der Waals surface area contributed by atoms with Gasteiger partial charge in [0.25, 0.3) is 0 Å². The molecule has 2 aliphatic carbocycles. The Morgan fingerprint density at radius 1 is 1.12 bits per heavy atom. The summed E-state index contributed by atoms with van der Waals surface area (Å²) >= 11 is 12.0. The van der Waals surface area contributed by atoms with Gasteiger partial charge in [0, 0.05) is 21.9 Å². The van der Waals surface area contributed by atoms with Crippen LogP contribution in [0.5, 0.6) is 0 Å². The molecule has 4 nitrogen and oxygen atoms in total. The predicted octanol–water partition coefficient (Wildman–Crippen LogP) is 4.21. The van der Waals surface area contributed by atoms with Crippen molar-refractivity contribution in [3.63, 3.8) is 0 Å². The molecule has 6 heteroatoms. The van der Waals surface area contributed by atoms with E-state index in [2.05, 4.69) is 5.32 Å². The fourth-order valence-electron chi connectivity index (χ4n) is 4.12. The molecule has 2 N–H and O–H groups in total. The SMILES string of the molecule is O=C(O)CC(NC(=O)C1C2Cc3ccc(Cl)cc3C21)c1ccc(Cl)cc1. The molecule has 1 amide bonds. The van der Waals surface area contributed by atoms with Gasteiger partial charge in [-0.2, -0.15) is 0 Å². The molecule has 0 spiro atoms. The minimum Gasteiger partial charge on any atom is -0.481 e. The molecule has 4 unspecified atom stereocenters. The summed E-state index contributed by atoms with van der Waals surface area (Å²) in [5.41, 5.74) is 3.15. The Morgan fingerprint density at radius 3 is 2.50 bits per heavy atom. The molecule has 2 aromatic rings. The molecule has 1 fully saturated rings. The molecular formula is C20H17Cl2NO3. The van der Waals surface area contributed by atoms with Gasteiger partial charge in [0.15, 0.2) is 0 Å². The van der Waals surface area contributed by atoms with Gasteiger partial charge >= 0.3 is 5.97 Å². The van der Waals surface area contributed by atoms with E-state index in [1.54, 1.807) is 24.3 Å². The number of benzene rings is 2. The third kappa shape index (κ3) is 3.19. The maximum Gasteiger partial charge on any atom is 0.305 e. The second kappa shape index (κ2) is 6.60. The van der Waals surface area contributed by atoms with E-state index in [0.29, 0.717) is 16.0 Å². The summed E-state index contributed by atoms with van der Waals surface area (Å²) < 4.78 is 0. The molecule has 4 rings (SSSR count). The average molecular weight is 390 g/mol. The van der Waals surface area contributed by atoms with Crippen LogP contribution in [0.4, 0.5) is 0 Å². The molecule has 0 radical (unpaired) electrons. The lowest BCUT2D eigenvalue weighted by atomic mass is 10.0. The molecular weight excluding hydrogens is 373 g/mol. The second-order valence-corrected chi connectivity index (χ2v) is 7.85. The van der Waals surface area contributed by atoms with Gasteiger partial charge in [-0.1, -0.05) is 41.4 Å². The number of aliphatic carboxylic acids is 1. The van der Waals surface area contributed by atoms with Crippen LogP contribution in [0.1, 0.15) is 35.1 Å². The van der Waals surface area contributed by atoms with Gasteiger partial charge in [0.2, 0.25) is 5.91 Å². The van der Waals surface area contributed by atoms with Crippen molar-refractivity contribution in [1.82, 2.24) is 5.32 Å². The van der Waals surface area contributed by atoms with E-state index in [4.69, 9.17) is 23.2 Å². The second-order valence-electron chi connectivity index (χ2n) is 6.97. The van der Waals surface area contributed by atoms with Crippen LogP contribution in [0, 0.1) is 11.8 Å². The maximum atomic E-state index is 12.8. The summed E-state index contributed by atoms with van der Waals surface area (Å²) in [5.74, 6) is -0.673. The summed E-state index contributed by atoms with van der Waals surface area (Å²) in [6.45, 7) is 0. The van der Waals surface area contributed by atoms with E-state index in [9.17, 15) is 14.7 Å². The Morgan fingerprint density at radius 2 is 1.81 bits per heavy atom. The van der Waals surface area contributed by atoms with Gasteiger partial charge in [-0.3, -0.25) is 9.59 Å². The minimum atomic E-state index is -0.960. The van der Waals surface area contributed by atoms with Gasteiger partial charge in [0.05, 0.1) is 12.5 Å². The largest absolute Gasteiger partial charge is 0.481 e. The highest BCUT2D eigenvalue weighted by Gasteiger charge is 2.59. The van der Waals surface area contributed by atoms with Crippen molar-refractivity contribution in [3.8, 4) is 0 Å². The Balaban J connectivity index is 1.50. The highest BCUT2D eigenvalue weighted by molar-refractivity contribution is 6.30. The van der Waals surface area contributed by atoms with Crippen LogP contribution in [0.25, 0.3) is 0 Å². The number of carboxylic acid groups (broad SMARTS) is 1. The molecule has 2 aliphatic rings. The Kier molecular flexibility index (Phi) is 4.41. The first-order chi connectivity index (χ1) is 12.4. The third-order valence-corrected chi connectivity index (χ3v) is 5.85. The number of rotatable bonds is 5. The van der Waals surface area contributed by atoms with Crippen LogP contribution in [-0.2, 0) is 16.0 Å². The number of carbonyl (C=O) groups excluding carboxylic acids is 1. The van der Waals surface area contributed by atoms with E-state index >= 15 is 0 Å². The fourth-order valence-corrected chi connectivity index (χ4v) is 4.42. The van der Waals surface area contributed by atoms with Crippen LogP contribution >= 0.6 is 23.2 Å². The van der Waals surface area contributed by atoms with E-state index in [1.165, 1.54) is 5.56 Å². The molecule has 0 aromatic heterocycles. The lowest BCUT2D eigenvalue weighted by molar-refractivity contribution is -0.137. The minimum absolute atomic E-state index is 0.0909. The van der Waals surface area contributed by atoms with Crippen molar-refractivity contribution in [2.75, 3.05) is 0 Å². The number of hydrogen-bond donors (Lipinski definition) is 2. The van der Waals surface area contributed by atoms with Crippen molar-refractivity contribution in [2.45, 2.75) is 24.8 Å². The number of carboxylic acids is 1. The molecule has 1 saturated carbocycles. The highest BCUT2D eigenvalue weighted by Crippen LogP contribution is 2.61. The maximum absolute atomic E-state index is 12.8. The molecule has 0 saturated heterocycles. The number of fused-ring (bicyclic) bond motifs is 3.